The highest BCUT2D eigenvalue weighted by atomic mass is 16.2. The Balaban J connectivity index is 2.41. The molecule has 0 bridgehead atoms. The summed E-state index contributed by atoms with van der Waals surface area (Å²) in [6, 6.07) is 7.94. The van der Waals surface area contributed by atoms with E-state index >= 15 is 0 Å². The fourth-order valence-electron chi connectivity index (χ4n) is 2.54. The average molecular weight is 332 g/mol. The van der Waals surface area contributed by atoms with Gasteiger partial charge in [-0.2, -0.15) is 0 Å². The minimum Gasteiger partial charge on any atom is -0.352 e. The molecule has 0 saturated heterocycles. The maximum absolute atomic E-state index is 11.8. The summed E-state index contributed by atoms with van der Waals surface area (Å²) in [5.41, 5.74) is 2.13. The van der Waals surface area contributed by atoms with Gasteiger partial charge in [0.2, 0.25) is 11.8 Å². The summed E-state index contributed by atoms with van der Waals surface area (Å²) in [4.78, 5) is 23.7. The van der Waals surface area contributed by atoms with Crippen LogP contribution in [0.15, 0.2) is 24.3 Å². The highest BCUT2D eigenvalue weighted by Crippen LogP contribution is 2.09. The molecule has 1 aromatic rings. The largest absolute Gasteiger partial charge is 0.352 e. The number of carbonyl (C=O) groups excluding carboxylic acids is 2. The first-order valence-electron chi connectivity index (χ1n) is 9.27. The maximum atomic E-state index is 11.8. The topological polar surface area (TPSA) is 58.2 Å². The average Bonchev–Trinajstić information content (AvgIpc) is 2.59. The third-order valence-corrected chi connectivity index (χ3v) is 4.09. The summed E-state index contributed by atoms with van der Waals surface area (Å²) >= 11 is 0. The number of benzene rings is 1. The van der Waals surface area contributed by atoms with E-state index in [4.69, 9.17) is 0 Å². The van der Waals surface area contributed by atoms with Gasteiger partial charge in [-0.15, -0.1) is 0 Å². The van der Waals surface area contributed by atoms with Gasteiger partial charge in [0.15, 0.2) is 0 Å². The molecule has 4 nitrogen and oxygen atoms in total. The summed E-state index contributed by atoms with van der Waals surface area (Å²) in [7, 11) is 0. The molecule has 0 unspecified atom stereocenters. The predicted octanol–water partition coefficient (Wildman–Crippen LogP) is 4.08. The molecule has 0 atom stereocenters. The molecular formula is C20H32N2O2. The van der Waals surface area contributed by atoms with Crippen LogP contribution in [0.25, 0.3) is 0 Å². The molecule has 1 rings (SSSR count). The van der Waals surface area contributed by atoms with Crippen LogP contribution in [0.5, 0.6) is 0 Å². The fraction of sp³-hybridized carbons (Fsp3) is 0.600. The van der Waals surface area contributed by atoms with E-state index in [0.717, 1.165) is 49.7 Å². The lowest BCUT2D eigenvalue weighted by Crippen LogP contribution is -2.25. The van der Waals surface area contributed by atoms with Crippen molar-refractivity contribution in [2.45, 2.75) is 78.3 Å². The Hall–Kier alpha value is -1.84. The van der Waals surface area contributed by atoms with Crippen molar-refractivity contribution in [3.63, 3.8) is 0 Å². The van der Waals surface area contributed by atoms with Gasteiger partial charge in [-0.05, 0) is 24.0 Å². The number of hydrogen-bond donors (Lipinski definition) is 2. The molecule has 24 heavy (non-hydrogen) atoms. The lowest BCUT2D eigenvalue weighted by Gasteiger charge is -2.12. The number of rotatable bonds is 12. The minimum absolute atomic E-state index is 0.0989. The third-order valence-electron chi connectivity index (χ3n) is 4.09. The highest BCUT2D eigenvalue weighted by Gasteiger charge is 2.06. The normalized spacial score (nSPS) is 10.4. The van der Waals surface area contributed by atoms with E-state index < -0.39 is 0 Å². The molecule has 4 heteroatoms. The van der Waals surface area contributed by atoms with E-state index in [1.807, 2.05) is 24.3 Å². The van der Waals surface area contributed by atoms with Gasteiger partial charge in [0.05, 0.1) is 0 Å². The van der Waals surface area contributed by atoms with Crippen LogP contribution in [-0.4, -0.2) is 11.8 Å². The summed E-state index contributed by atoms with van der Waals surface area (Å²) in [6.45, 7) is 5.30. The van der Waals surface area contributed by atoms with Crippen molar-refractivity contribution in [2.75, 3.05) is 0 Å². The summed E-state index contributed by atoms with van der Waals surface area (Å²) < 4.78 is 0. The second-order valence-corrected chi connectivity index (χ2v) is 6.24. The number of hydrogen-bond acceptors (Lipinski definition) is 2. The molecule has 0 heterocycles. The molecule has 0 saturated carbocycles. The molecule has 0 fully saturated rings. The molecule has 0 radical (unpaired) electrons. The zero-order chi connectivity index (χ0) is 17.6. The van der Waals surface area contributed by atoms with Gasteiger partial charge in [0.1, 0.15) is 0 Å². The van der Waals surface area contributed by atoms with Crippen molar-refractivity contribution < 1.29 is 9.59 Å². The lowest BCUT2D eigenvalue weighted by molar-refractivity contribution is -0.122. The van der Waals surface area contributed by atoms with E-state index in [2.05, 4.69) is 24.5 Å². The van der Waals surface area contributed by atoms with Crippen molar-refractivity contribution in [1.82, 2.24) is 10.6 Å². The zero-order valence-electron chi connectivity index (χ0n) is 15.2. The van der Waals surface area contributed by atoms with Gasteiger partial charge in [-0.1, -0.05) is 63.8 Å². The molecule has 134 valence electrons. The van der Waals surface area contributed by atoms with Crippen LogP contribution < -0.4 is 10.6 Å². The van der Waals surface area contributed by atoms with Crippen LogP contribution in [0.1, 0.15) is 76.3 Å². The predicted molar refractivity (Wildman–Crippen MR) is 98.4 cm³/mol. The van der Waals surface area contributed by atoms with Crippen molar-refractivity contribution in [3.8, 4) is 0 Å². The number of carbonyl (C=O) groups is 2. The Morgan fingerprint density at radius 1 is 0.750 bits per heavy atom. The van der Waals surface area contributed by atoms with Gasteiger partial charge in [-0.3, -0.25) is 9.59 Å². The van der Waals surface area contributed by atoms with E-state index in [0.29, 0.717) is 25.9 Å². The third kappa shape index (κ3) is 8.70. The van der Waals surface area contributed by atoms with Gasteiger partial charge >= 0.3 is 0 Å². The molecule has 0 aliphatic heterocycles. The second-order valence-electron chi connectivity index (χ2n) is 6.24. The maximum Gasteiger partial charge on any atom is 0.220 e. The van der Waals surface area contributed by atoms with Gasteiger partial charge in [-0.25, -0.2) is 0 Å². The fourth-order valence-corrected chi connectivity index (χ4v) is 2.54. The van der Waals surface area contributed by atoms with Gasteiger partial charge in [0.25, 0.3) is 0 Å². The summed E-state index contributed by atoms with van der Waals surface area (Å²) in [5, 5.41) is 5.95. The molecule has 1 aromatic carbocycles. The van der Waals surface area contributed by atoms with Crippen LogP contribution in [0.4, 0.5) is 0 Å². The standard InChI is InChI=1S/C20H32N2O2/c1-3-5-7-13-19(23)21-15-17-11-9-10-12-18(17)16-22-20(24)14-8-6-4-2/h9-12H,3-8,13-16H2,1-2H3,(H,21,23)(H,22,24). The number of unbranched alkanes of at least 4 members (excludes halogenated alkanes) is 4. The van der Waals surface area contributed by atoms with E-state index in [1.54, 1.807) is 0 Å². The summed E-state index contributed by atoms with van der Waals surface area (Å²) in [6.07, 6.45) is 7.48. The molecule has 2 amide bonds. The smallest absolute Gasteiger partial charge is 0.220 e. The molecule has 0 aliphatic rings. The Morgan fingerprint density at radius 2 is 1.17 bits per heavy atom. The molecule has 0 spiro atoms. The van der Waals surface area contributed by atoms with Crippen LogP contribution in [0.3, 0.4) is 0 Å². The Bertz CT molecular complexity index is 455. The zero-order valence-corrected chi connectivity index (χ0v) is 15.2. The Kier molecular flexibility index (Phi) is 10.6. The van der Waals surface area contributed by atoms with Crippen molar-refractivity contribution in [3.05, 3.63) is 35.4 Å². The van der Waals surface area contributed by atoms with Crippen LogP contribution >= 0.6 is 0 Å². The van der Waals surface area contributed by atoms with Gasteiger partial charge < -0.3 is 10.6 Å². The Labute approximate surface area is 146 Å². The number of nitrogens with one attached hydrogen (secondary N) is 2. The van der Waals surface area contributed by atoms with Crippen LogP contribution in [0, 0.1) is 0 Å². The van der Waals surface area contributed by atoms with Crippen molar-refractivity contribution in [1.29, 1.82) is 0 Å². The van der Waals surface area contributed by atoms with Gasteiger partial charge in [0, 0.05) is 25.9 Å². The number of amides is 2. The minimum atomic E-state index is 0.0989. The van der Waals surface area contributed by atoms with Crippen LogP contribution in [-0.2, 0) is 22.7 Å². The lowest BCUT2D eigenvalue weighted by atomic mass is 10.1. The second kappa shape index (κ2) is 12.6. The quantitative estimate of drug-likeness (QED) is 0.567. The van der Waals surface area contributed by atoms with Crippen LogP contribution in [0.2, 0.25) is 0 Å². The first-order valence-corrected chi connectivity index (χ1v) is 9.27. The molecular weight excluding hydrogens is 300 g/mol. The first-order chi connectivity index (χ1) is 11.7. The monoisotopic (exact) mass is 332 g/mol. The Morgan fingerprint density at radius 3 is 1.54 bits per heavy atom. The molecule has 0 aliphatic carbocycles. The van der Waals surface area contributed by atoms with Crippen molar-refractivity contribution >= 4 is 11.8 Å². The SMILES string of the molecule is CCCCCC(=O)NCc1ccccc1CNC(=O)CCCCC. The van der Waals surface area contributed by atoms with E-state index in [9.17, 15) is 9.59 Å². The molecule has 0 aromatic heterocycles. The van der Waals surface area contributed by atoms with E-state index in [-0.39, 0.29) is 11.8 Å². The van der Waals surface area contributed by atoms with E-state index in [1.165, 1.54) is 0 Å². The summed E-state index contributed by atoms with van der Waals surface area (Å²) in [5.74, 6) is 0.198. The first kappa shape index (κ1) is 20.2. The molecule has 2 N–H and O–H groups in total. The van der Waals surface area contributed by atoms with Crippen molar-refractivity contribution in [2.24, 2.45) is 0 Å². The highest BCUT2D eigenvalue weighted by molar-refractivity contribution is 5.76.